The minimum absolute atomic E-state index is 0.549. The second-order valence-electron chi connectivity index (χ2n) is 3.30. The first-order valence-electron chi connectivity index (χ1n) is 4.64. The highest BCUT2D eigenvalue weighted by Crippen LogP contribution is 2.27. The van der Waals surface area contributed by atoms with Gasteiger partial charge >= 0.3 is 0 Å². The molecule has 1 atom stereocenters. The van der Waals surface area contributed by atoms with Crippen LogP contribution in [0.5, 0.6) is 0 Å². The van der Waals surface area contributed by atoms with Crippen molar-refractivity contribution in [1.29, 1.82) is 0 Å². The maximum atomic E-state index is 5.49. The molecular formula is C8H13N3OS2. The molecule has 1 aromatic rings. The average Bonchev–Trinajstić information content (AvgIpc) is 2.63. The van der Waals surface area contributed by atoms with Crippen molar-refractivity contribution in [3.63, 3.8) is 0 Å². The molecule has 0 bridgehead atoms. The Hall–Kier alpha value is -0.330. The maximum absolute atomic E-state index is 5.49. The van der Waals surface area contributed by atoms with Crippen molar-refractivity contribution in [3.05, 3.63) is 0 Å². The van der Waals surface area contributed by atoms with Crippen molar-refractivity contribution >= 4 is 28.2 Å². The van der Waals surface area contributed by atoms with E-state index in [0.717, 1.165) is 23.3 Å². The summed E-state index contributed by atoms with van der Waals surface area (Å²) in [4.78, 5) is 0. The van der Waals surface area contributed by atoms with Gasteiger partial charge in [0.25, 0.3) is 0 Å². The number of nitrogens with zero attached hydrogens (tertiary/aromatic N) is 2. The van der Waals surface area contributed by atoms with Gasteiger partial charge in [0.1, 0.15) is 0 Å². The standard InChI is InChI=1S/C8H13N3OS2/c9-7-10-11-8(14-7)13-5-6-2-1-3-12-4-6/h6H,1-5H2,(H2,9,10). The summed E-state index contributed by atoms with van der Waals surface area (Å²) in [6.45, 7) is 1.81. The van der Waals surface area contributed by atoms with Crippen molar-refractivity contribution in [2.45, 2.75) is 17.2 Å². The molecule has 2 N–H and O–H groups in total. The Balaban J connectivity index is 1.76. The lowest BCUT2D eigenvalue weighted by atomic mass is 10.1. The van der Waals surface area contributed by atoms with Gasteiger partial charge in [0.2, 0.25) is 5.13 Å². The predicted octanol–water partition coefficient (Wildman–Crippen LogP) is 1.64. The molecule has 1 aliphatic rings. The SMILES string of the molecule is Nc1nnc(SCC2CCCOC2)s1. The number of thioether (sulfide) groups is 1. The molecule has 0 spiro atoms. The number of ether oxygens (including phenoxy) is 1. The Morgan fingerprint density at radius 2 is 2.50 bits per heavy atom. The minimum Gasteiger partial charge on any atom is -0.381 e. The van der Waals surface area contributed by atoms with Crippen LogP contribution in [0.25, 0.3) is 0 Å². The molecule has 0 aliphatic carbocycles. The minimum atomic E-state index is 0.549. The zero-order valence-corrected chi connectivity index (χ0v) is 9.44. The maximum Gasteiger partial charge on any atom is 0.203 e. The van der Waals surface area contributed by atoms with Gasteiger partial charge in [0.15, 0.2) is 4.34 Å². The van der Waals surface area contributed by atoms with Crippen LogP contribution in [0.1, 0.15) is 12.8 Å². The Morgan fingerprint density at radius 1 is 1.57 bits per heavy atom. The summed E-state index contributed by atoms with van der Waals surface area (Å²) in [6.07, 6.45) is 2.45. The first kappa shape index (κ1) is 10.2. The largest absolute Gasteiger partial charge is 0.381 e. The smallest absolute Gasteiger partial charge is 0.203 e. The number of nitrogens with two attached hydrogens (primary N) is 1. The van der Waals surface area contributed by atoms with Gasteiger partial charge in [-0.1, -0.05) is 23.1 Å². The van der Waals surface area contributed by atoms with E-state index in [4.69, 9.17) is 10.5 Å². The molecule has 1 saturated heterocycles. The average molecular weight is 231 g/mol. The summed E-state index contributed by atoms with van der Waals surface area (Å²) in [5.74, 6) is 1.73. The van der Waals surface area contributed by atoms with Crippen LogP contribution in [0.2, 0.25) is 0 Å². The molecule has 1 aromatic heterocycles. The quantitative estimate of drug-likeness (QED) is 0.801. The summed E-state index contributed by atoms with van der Waals surface area (Å²) in [5, 5.41) is 8.29. The van der Waals surface area contributed by atoms with Gasteiger partial charge in [0, 0.05) is 12.4 Å². The molecular weight excluding hydrogens is 218 g/mol. The van der Waals surface area contributed by atoms with Crippen LogP contribution in [-0.2, 0) is 4.74 Å². The highest BCUT2D eigenvalue weighted by atomic mass is 32.2. The molecule has 0 amide bonds. The second kappa shape index (κ2) is 4.95. The molecule has 0 saturated carbocycles. The van der Waals surface area contributed by atoms with E-state index >= 15 is 0 Å². The summed E-state index contributed by atoms with van der Waals surface area (Å²) < 4.78 is 6.37. The van der Waals surface area contributed by atoms with Crippen LogP contribution in [0, 0.1) is 5.92 Å². The van der Waals surface area contributed by atoms with Gasteiger partial charge in [-0.3, -0.25) is 0 Å². The van der Waals surface area contributed by atoms with E-state index < -0.39 is 0 Å². The number of hydrogen-bond acceptors (Lipinski definition) is 6. The van der Waals surface area contributed by atoms with Gasteiger partial charge in [-0.25, -0.2) is 0 Å². The molecule has 0 aromatic carbocycles. The van der Waals surface area contributed by atoms with Crippen LogP contribution in [0.4, 0.5) is 5.13 Å². The molecule has 0 radical (unpaired) electrons. The molecule has 4 nitrogen and oxygen atoms in total. The first-order valence-corrected chi connectivity index (χ1v) is 6.44. The third-order valence-electron chi connectivity index (χ3n) is 2.12. The van der Waals surface area contributed by atoms with Crippen molar-refractivity contribution < 1.29 is 4.74 Å². The van der Waals surface area contributed by atoms with E-state index in [1.807, 2.05) is 0 Å². The van der Waals surface area contributed by atoms with E-state index in [9.17, 15) is 0 Å². The summed E-state index contributed by atoms with van der Waals surface area (Å²) in [6, 6.07) is 0. The highest BCUT2D eigenvalue weighted by Gasteiger charge is 2.14. The zero-order chi connectivity index (χ0) is 9.80. The topological polar surface area (TPSA) is 61.0 Å². The van der Waals surface area contributed by atoms with Gasteiger partial charge in [-0.2, -0.15) is 0 Å². The monoisotopic (exact) mass is 231 g/mol. The van der Waals surface area contributed by atoms with Gasteiger partial charge in [0.05, 0.1) is 6.61 Å². The Morgan fingerprint density at radius 3 is 3.14 bits per heavy atom. The van der Waals surface area contributed by atoms with Crippen LogP contribution in [-0.4, -0.2) is 29.2 Å². The molecule has 2 rings (SSSR count). The van der Waals surface area contributed by atoms with E-state index in [2.05, 4.69) is 10.2 Å². The van der Waals surface area contributed by atoms with Crippen molar-refractivity contribution in [3.8, 4) is 0 Å². The van der Waals surface area contributed by atoms with E-state index in [1.54, 1.807) is 11.8 Å². The molecule has 78 valence electrons. The fourth-order valence-electron chi connectivity index (χ4n) is 1.41. The van der Waals surface area contributed by atoms with Crippen LogP contribution < -0.4 is 5.73 Å². The van der Waals surface area contributed by atoms with Crippen molar-refractivity contribution in [2.24, 2.45) is 5.92 Å². The summed E-state index contributed by atoms with van der Waals surface area (Å²) in [7, 11) is 0. The second-order valence-corrected chi connectivity index (χ2v) is 5.58. The van der Waals surface area contributed by atoms with Crippen molar-refractivity contribution in [2.75, 3.05) is 24.7 Å². The van der Waals surface area contributed by atoms with Gasteiger partial charge in [-0.15, -0.1) is 10.2 Å². The van der Waals surface area contributed by atoms with Crippen LogP contribution in [0.15, 0.2) is 4.34 Å². The summed E-state index contributed by atoms with van der Waals surface area (Å²) in [5.41, 5.74) is 5.49. The number of nitrogen functional groups attached to an aromatic ring is 1. The lowest BCUT2D eigenvalue weighted by Gasteiger charge is -2.20. The Bertz CT molecular complexity index is 286. The molecule has 14 heavy (non-hydrogen) atoms. The van der Waals surface area contributed by atoms with E-state index in [-0.39, 0.29) is 0 Å². The van der Waals surface area contributed by atoms with E-state index in [1.165, 1.54) is 24.2 Å². The van der Waals surface area contributed by atoms with Crippen LogP contribution >= 0.6 is 23.1 Å². The predicted molar refractivity (Wildman–Crippen MR) is 58.6 cm³/mol. The number of aromatic nitrogens is 2. The van der Waals surface area contributed by atoms with Crippen LogP contribution in [0.3, 0.4) is 0 Å². The number of hydrogen-bond donors (Lipinski definition) is 1. The fraction of sp³-hybridized carbons (Fsp3) is 0.750. The molecule has 6 heteroatoms. The fourth-order valence-corrected chi connectivity index (χ4v) is 3.18. The summed E-state index contributed by atoms with van der Waals surface area (Å²) >= 11 is 3.19. The zero-order valence-electron chi connectivity index (χ0n) is 7.81. The third-order valence-corrected chi connectivity index (χ3v) is 4.24. The lowest BCUT2D eigenvalue weighted by Crippen LogP contribution is -2.18. The third kappa shape index (κ3) is 2.83. The normalized spacial score (nSPS) is 22.4. The molecule has 1 fully saturated rings. The first-order chi connectivity index (χ1) is 6.84. The lowest BCUT2D eigenvalue weighted by molar-refractivity contribution is 0.0632. The Labute approximate surface area is 91.2 Å². The van der Waals surface area contributed by atoms with E-state index in [0.29, 0.717) is 11.0 Å². The Kier molecular flexibility index (Phi) is 3.61. The highest BCUT2D eigenvalue weighted by molar-refractivity contribution is 8.01. The van der Waals surface area contributed by atoms with Crippen molar-refractivity contribution in [1.82, 2.24) is 10.2 Å². The molecule has 1 aliphatic heterocycles. The van der Waals surface area contributed by atoms with Gasteiger partial charge < -0.3 is 10.5 Å². The number of anilines is 1. The number of rotatable bonds is 3. The molecule has 1 unspecified atom stereocenters. The molecule has 2 heterocycles. The van der Waals surface area contributed by atoms with Gasteiger partial charge in [-0.05, 0) is 18.8 Å².